The molecule has 0 spiro atoms. The summed E-state index contributed by atoms with van der Waals surface area (Å²) in [5, 5.41) is 7.96. The lowest BCUT2D eigenvalue weighted by Gasteiger charge is -2.35. The number of thioether (sulfide) groups is 1. The molecular formula is C48H52N10O7S. The Morgan fingerprint density at radius 1 is 0.788 bits per heavy atom. The van der Waals surface area contributed by atoms with Gasteiger partial charge in [0.25, 0.3) is 11.8 Å². The summed E-state index contributed by atoms with van der Waals surface area (Å²) >= 11 is 1.46. The van der Waals surface area contributed by atoms with Crippen LogP contribution < -0.4 is 15.8 Å². The van der Waals surface area contributed by atoms with Crippen LogP contribution in [0.2, 0.25) is 0 Å². The summed E-state index contributed by atoms with van der Waals surface area (Å²) in [6, 6.07) is 21.3. The van der Waals surface area contributed by atoms with Gasteiger partial charge in [0.1, 0.15) is 35.4 Å². The number of nitrogens with zero attached hydrogens (tertiary/aromatic N) is 8. The number of piperazine rings is 1. The molecule has 2 atom stereocenters. The number of nitrogens with two attached hydrogens (primary N) is 1. The predicted octanol–water partition coefficient (Wildman–Crippen LogP) is 5.32. The van der Waals surface area contributed by atoms with E-state index in [0.29, 0.717) is 89.9 Å². The summed E-state index contributed by atoms with van der Waals surface area (Å²) in [7, 11) is 0. The van der Waals surface area contributed by atoms with E-state index in [2.05, 4.69) is 20.2 Å². The van der Waals surface area contributed by atoms with Gasteiger partial charge in [0, 0.05) is 69.0 Å². The highest BCUT2D eigenvalue weighted by Crippen LogP contribution is 2.37. The second-order valence-electron chi connectivity index (χ2n) is 17.1. The number of fused-ring (bicyclic) bond motifs is 2. The van der Waals surface area contributed by atoms with Gasteiger partial charge in [-0.05, 0) is 99.4 Å². The van der Waals surface area contributed by atoms with Gasteiger partial charge in [0.15, 0.2) is 5.65 Å². The molecule has 0 saturated carbocycles. The zero-order valence-electron chi connectivity index (χ0n) is 36.6. The number of hydrogen-bond acceptors (Lipinski definition) is 13. The molecule has 0 radical (unpaired) electrons. The lowest BCUT2D eigenvalue weighted by Crippen LogP contribution is -2.54. The molecule has 3 saturated heterocycles. The number of carbonyl (C=O) groups is 6. The number of hydrogen-bond donors (Lipinski definition) is 2. The maximum Gasteiger partial charge on any atom is 0.263 e. The number of nitrogens with one attached hydrogen (secondary N) is 1. The number of carbonyl (C=O) groups excluding carboxylic acids is 6. The second-order valence-corrected chi connectivity index (χ2v) is 18.2. The van der Waals surface area contributed by atoms with Crippen molar-refractivity contribution in [2.75, 3.05) is 57.3 Å². The predicted molar refractivity (Wildman–Crippen MR) is 246 cm³/mol. The molecule has 66 heavy (non-hydrogen) atoms. The van der Waals surface area contributed by atoms with Gasteiger partial charge in [0.05, 0.1) is 22.6 Å². The molecule has 342 valence electrons. The molecule has 5 aromatic rings. The highest BCUT2D eigenvalue weighted by Gasteiger charge is 2.45. The average molecular weight is 913 g/mol. The van der Waals surface area contributed by atoms with Gasteiger partial charge < -0.3 is 20.3 Å². The van der Waals surface area contributed by atoms with Crippen molar-refractivity contribution < 1.29 is 33.5 Å². The van der Waals surface area contributed by atoms with Crippen molar-refractivity contribution in [3.63, 3.8) is 0 Å². The second kappa shape index (κ2) is 19.8. The first-order chi connectivity index (χ1) is 32.1. The first-order valence-corrected chi connectivity index (χ1v) is 23.7. The van der Waals surface area contributed by atoms with Gasteiger partial charge in [0.2, 0.25) is 23.6 Å². The third-order valence-electron chi connectivity index (χ3n) is 12.8. The van der Waals surface area contributed by atoms with Crippen LogP contribution in [0.5, 0.6) is 11.5 Å². The summed E-state index contributed by atoms with van der Waals surface area (Å²) in [5.74, 6) is 0.607. The quantitative estimate of drug-likeness (QED) is 0.0776. The Morgan fingerprint density at radius 2 is 1.55 bits per heavy atom. The van der Waals surface area contributed by atoms with E-state index in [0.717, 1.165) is 61.5 Å². The molecule has 3 aromatic carbocycles. The molecule has 3 fully saturated rings. The Kier molecular flexibility index (Phi) is 13.4. The lowest BCUT2D eigenvalue weighted by atomic mass is 10.0. The van der Waals surface area contributed by atoms with Crippen molar-refractivity contribution in [2.45, 2.75) is 74.8 Å². The number of unbranched alkanes of at least 4 members (excludes halogenated alkanes) is 1. The van der Waals surface area contributed by atoms with Crippen LogP contribution in [0.1, 0.15) is 84.5 Å². The first kappa shape index (κ1) is 44.5. The molecule has 4 aliphatic heterocycles. The minimum atomic E-state index is -1.01. The minimum Gasteiger partial charge on any atom is -0.457 e. The van der Waals surface area contributed by atoms with E-state index in [1.807, 2.05) is 69.1 Å². The van der Waals surface area contributed by atoms with Crippen molar-refractivity contribution in [1.29, 1.82) is 0 Å². The Labute approximate surface area is 386 Å². The molecule has 4 aliphatic rings. The normalized spacial score (nSPS) is 19.1. The van der Waals surface area contributed by atoms with Crippen LogP contribution in [0.25, 0.3) is 22.3 Å². The summed E-state index contributed by atoms with van der Waals surface area (Å²) in [6.07, 6.45) is 6.35. The van der Waals surface area contributed by atoms with Crippen LogP contribution in [0.3, 0.4) is 0 Å². The number of nitrogen functional groups attached to an aromatic ring is 1. The molecular weight excluding hydrogens is 861 g/mol. The molecule has 6 heterocycles. The van der Waals surface area contributed by atoms with Crippen LogP contribution in [0.15, 0.2) is 84.0 Å². The number of aromatic nitrogens is 4. The Bertz CT molecular complexity index is 2650. The number of benzene rings is 3. The SMILES string of the molecule is Nc1ncnc2c1c(-c1ccc(Oc3ccccc3)cc1)nn2[C@@H]1CCCN(C(=O)CCCN2CCN(C(=O)CCCCSc3cccc4c3C(=O)N(C3CCC(=O)NC3=O)C4=O)CC2)C1. The number of imide groups is 2. The van der Waals surface area contributed by atoms with Crippen LogP contribution >= 0.6 is 11.8 Å². The number of anilines is 1. The maximum absolute atomic E-state index is 13.6. The smallest absolute Gasteiger partial charge is 0.263 e. The highest BCUT2D eigenvalue weighted by molar-refractivity contribution is 7.99. The van der Waals surface area contributed by atoms with Gasteiger partial charge in [-0.3, -0.25) is 43.9 Å². The van der Waals surface area contributed by atoms with E-state index in [9.17, 15) is 28.8 Å². The number of amides is 6. The molecule has 3 N–H and O–H groups in total. The van der Waals surface area contributed by atoms with Gasteiger partial charge >= 0.3 is 0 Å². The van der Waals surface area contributed by atoms with E-state index >= 15 is 0 Å². The summed E-state index contributed by atoms with van der Waals surface area (Å²) in [5.41, 5.74) is 9.17. The van der Waals surface area contributed by atoms with Crippen LogP contribution in [0.4, 0.5) is 5.82 Å². The number of para-hydroxylation sites is 1. The van der Waals surface area contributed by atoms with Crippen molar-refractivity contribution in [2.24, 2.45) is 0 Å². The van der Waals surface area contributed by atoms with Crippen LogP contribution in [0, 0.1) is 0 Å². The topological polar surface area (TPSA) is 206 Å². The summed E-state index contributed by atoms with van der Waals surface area (Å²) in [6.45, 7) is 4.81. The van der Waals surface area contributed by atoms with Crippen molar-refractivity contribution in [3.8, 4) is 22.8 Å². The van der Waals surface area contributed by atoms with Gasteiger partial charge in [-0.15, -0.1) is 11.8 Å². The average Bonchev–Trinajstić information content (AvgIpc) is 3.85. The third-order valence-corrected chi connectivity index (χ3v) is 13.9. The third kappa shape index (κ3) is 9.51. The molecule has 0 aliphatic carbocycles. The Morgan fingerprint density at radius 3 is 2.33 bits per heavy atom. The summed E-state index contributed by atoms with van der Waals surface area (Å²) < 4.78 is 7.91. The fraction of sp³-hybridized carbons (Fsp3) is 0.396. The lowest BCUT2D eigenvalue weighted by molar-refractivity contribution is -0.136. The minimum absolute atomic E-state index is 0.0663. The number of ether oxygens (including phenoxy) is 1. The van der Waals surface area contributed by atoms with Crippen molar-refractivity contribution in [1.82, 2.24) is 44.7 Å². The molecule has 2 aromatic heterocycles. The van der Waals surface area contributed by atoms with E-state index in [4.69, 9.17) is 15.6 Å². The molecule has 9 rings (SSSR count). The maximum atomic E-state index is 13.6. The molecule has 17 nitrogen and oxygen atoms in total. The molecule has 1 unspecified atom stereocenters. The zero-order chi connectivity index (χ0) is 45.7. The van der Waals surface area contributed by atoms with Crippen molar-refractivity contribution >= 4 is 64.1 Å². The fourth-order valence-electron chi connectivity index (χ4n) is 9.29. The largest absolute Gasteiger partial charge is 0.457 e. The zero-order valence-corrected chi connectivity index (χ0v) is 37.4. The fourth-order valence-corrected chi connectivity index (χ4v) is 10.4. The number of likely N-dealkylation sites (tertiary alicyclic amines) is 1. The van der Waals surface area contributed by atoms with Crippen LogP contribution in [-0.4, -0.2) is 132 Å². The van der Waals surface area contributed by atoms with Gasteiger partial charge in [-0.1, -0.05) is 24.3 Å². The monoisotopic (exact) mass is 912 g/mol. The van der Waals surface area contributed by atoms with Crippen LogP contribution in [-0.2, 0) is 19.2 Å². The van der Waals surface area contributed by atoms with E-state index < -0.39 is 29.7 Å². The van der Waals surface area contributed by atoms with Gasteiger partial charge in [-0.2, -0.15) is 5.10 Å². The van der Waals surface area contributed by atoms with Crippen molar-refractivity contribution in [3.05, 3.63) is 90.3 Å². The summed E-state index contributed by atoms with van der Waals surface area (Å²) in [4.78, 5) is 94.1. The first-order valence-electron chi connectivity index (χ1n) is 22.7. The van der Waals surface area contributed by atoms with E-state index in [-0.39, 0.29) is 36.3 Å². The molecule has 6 amide bonds. The highest BCUT2D eigenvalue weighted by atomic mass is 32.2. The molecule has 0 bridgehead atoms. The number of piperidine rings is 2. The van der Waals surface area contributed by atoms with Gasteiger partial charge in [-0.25, -0.2) is 14.6 Å². The number of rotatable bonds is 15. The van der Waals surface area contributed by atoms with E-state index in [1.54, 1.807) is 18.2 Å². The Hall–Kier alpha value is -6.66. The molecule has 18 heteroatoms. The Balaban J connectivity index is 0.701. The standard InChI is InChI=1S/C48H52N10O7S/c49-44-42-43(31-16-18-34(19-17-31)65-33-10-2-1-3-11-33)53-58(45(42)51-30-50-44)32-9-7-23-56(29-32)40(61)15-8-22-54-24-26-55(27-25-54)39(60)14-4-5-28-66-37-13-6-12-35-41(37)48(64)57(47(35)63)36-20-21-38(59)52-46(36)62/h1-3,6,10-13,16-19,30,32,36H,4-5,7-9,14-15,20-29H2,(H2,49,50,51)(H,52,59,62)/t32-,36?/m1/s1. The van der Waals surface area contributed by atoms with E-state index in [1.165, 1.54) is 18.1 Å².